The normalized spacial score (nSPS) is 18.6. The van der Waals surface area contributed by atoms with Crippen molar-refractivity contribution in [1.82, 2.24) is 9.38 Å². The van der Waals surface area contributed by atoms with Gasteiger partial charge in [-0.3, -0.25) is 4.40 Å². The standard InChI is InChI=1S/C14H19N3/c1-14(7-2-3-8-14)11-16-13-6-4-5-12-15-9-10-17(12)13/h4-6,9-10,16H,2-3,7-8,11H2,1H3. The summed E-state index contributed by atoms with van der Waals surface area (Å²) < 4.78 is 2.11. The molecule has 17 heavy (non-hydrogen) atoms. The molecule has 3 rings (SSSR count). The molecule has 2 heterocycles. The van der Waals surface area contributed by atoms with Crippen LogP contribution >= 0.6 is 0 Å². The number of hydrogen-bond acceptors (Lipinski definition) is 2. The third-order valence-corrected chi connectivity index (χ3v) is 3.94. The second kappa shape index (κ2) is 4.06. The lowest BCUT2D eigenvalue weighted by atomic mass is 9.89. The first-order valence-corrected chi connectivity index (χ1v) is 6.43. The molecule has 0 atom stereocenters. The van der Waals surface area contributed by atoms with Crippen molar-refractivity contribution in [2.45, 2.75) is 32.6 Å². The lowest BCUT2D eigenvalue weighted by Crippen LogP contribution is -2.23. The van der Waals surface area contributed by atoms with Crippen molar-refractivity contribution in [3.63, 3.8) is 0 Å². The number of aromatic nitrogens is 2. The number of rotatable bonds is 3. The van der Waals surface area contributed by atoms with Gasteiger partial charge in [0.25, 0.3) is 0 Å². The highest BCUT2D eigenvalue weighted by Crippen LogP contribution is 2.37. The summed E-state index contributed by atoms with van der Waals surface area (Å²) in [6, 6.07) is 6.21. The molecule has 0 bridgehead atoms. The van der Waals surface area contributed by atoms with Crippen LogP contribution in [0.2, 0.25) is 0 Å². The first-order valence-electron chi connectivity index (χ1n) is 6.43. The topological polar surface area (TPSA) is 29.3 Å². The monoisotopic (exact) mass is 229 g/mol. The van der Waals surface area contributed by atoms with Gasteiger partial charge >= 0.3 is 0 Å². The molecule has 1 aliphatic carbocycles. The smallest absolute Gasteiger partial charge is 0.138 e. The average Bonchev–Trinajstić information content (AvgIpc) is 2.95. The van der Waals surface area contributed by atoms with Crippen molar-refractivity contribution in [2.75, 3.05) is 11.9 Å². The summed E-state index contributed by atoms with van der Waals surface area (Å²) in [6.07, 6.45) is 9.31. The number of anilines is 1. The maximum Gasteiger partial charge on any atom is 0.138 e. The van der Waals surface area contributed by atoms with Crippen molar-refractivity contribution in [3.8, 4) is 0 Å². The molecule has 0 aliphatic heterocycles. The van der Waals surface area contributed by atoms with E-state index in [1.165, 1.54) is 25.7 Å². The number of nitrogens with zero attached hydrogens (tertiary/aromatic N) is 2. The maximum absolute atomic E-state index is 4.30. The van der Waals surface area contributed by atoms with E-state index in [0.29, 0.717) is 5.41 Å². The molecule has 0 unspecified atom stereocenters. The summed E-state index contributed by atoms with van der Waals surface area (Å²) in [6.45, 7) is 3.45. The largest absolute Gasteiger partial charge is 0.371 e. The molecule has 0 spiro atoms. The van der Waals surface area contributed by atoms with Gasteiger partial charge in [0.15, 0.2) is 0 Å². The number of pyridine rings is 1. The third-order valence-electron chi connectivity index (χ3n) is 3.94. The second-order valence-electron chi connectivity index (χ2n) is 5.44. The van der Waals surface area contributed by atoms with E-state index in [-0.39, 0.29) is 0 Å². The SMILES string of the molecule is CC1(CNc2cccc3nccn23)CCCC1. The quantitative estimate of drug-likeness (QED) is 0.874. The van der Waals surface area contributed by atoms with Gasteiger partial charge < -0.3 is 5.32 Å². The van der Waals surface area contributed by atoms with Gasteiger partial charge in [-0.1, -0.05) is 25.8 Å². The lowest BCUT2D eigenvalue weighted by molar-refractivity contribution is 0.361. The van der Waals surface area contributed by atoms with Crippen LogP contribution in [0.4, 0.5) is 5.82 Å². The molecule has 0 aromatic carbocycles. The van der Waals surface area contributed by atoms with Crippen LogP contribution in [0.3, 0.4) is 0 Å². The Kier molecular flexibility index (Phi) is 2.54. The highest BCUT2D eigenvalue weighted by Gasteiger charge is 2.28. The minimum Gasteiger partial charge on any atom is -0.371 e. The van der Waals surface area contributed by atoms with Gasteiger partial charge in [-0.2, -0.15) is 0 Å². The fourth-order valence-corrected chi connectivity index (χ4v) is 2.80. The Morgan fingerprint density at radius 2 is 2.18 bits per heavy atom. The Balaban J connectivity index is 1.78. The zero-order chi connectivity index (χ0) is 11.7. The first kappa shape index (κ1) is 10.6. The van der Waals surface area contributed by atoms with Gasteiger partial charge in [-0.25, -0.2) is 4.98 Å². The Morgan fingerprint density at radius 1 is 1.35 bits per heavy atom. The number of hydrogen-bond donors (Lipinski definition) is 1. The van der Waals surface area contributed by atoms with E-state index < -0.39 is 0 Å². The molecule has 1 fully saturated rings. The van der Waals surface area contributed by atoms with Crippen LogP contribution in [0, 0.1) is 5.41 Å². The summed E-state index contributed by atoms with van der Waals surface area (Å²) in [5.41, 5.74) is 1.48. The van der Waals surface area contributed by atoms with Crippen molar-refractivity contribution in [3.05, 3.63) is 30.6 Å². The molecule has 3 heteroatoms. The molecule has 1 aliphatic rings. The van der Waals surface area contributed by atoms with Gasteiger partial charge in [-0.05, 0) is 30.4 Å². The predicted octanol–water partition coefficient (Wildman–Crippen LogP) is 3.33. The van der Waals surface area contributed by atoms with Crippen LogP contribution in [0.1, 0.15) is 32.6 Å². The molecular formula is C14H19N3. The molecule has 2 aromatic heterocycles. The fraction of sp³-hybridized carbons (Fsp3) is 0.500. The van der Waals surface area contributed by atoms with Crippen LogP contribution < -0.4 is 5.32 Å². The van der Waals surface area contributed by atoms with Gasteiger partial charge in [0.05, 0.1) is 0 Å². The van der Waals surface area contributed by atoms with E-state index in [4.69, 9.17) is 0 Å². The summed E-state index contributed by atoms with van der Waals surface area (Å²) in [4.78, 5) is 4.30. The van der Waals surface area contributed by atoms with E-state index in [2.05, 4.69) is 33.8 Å². The third kappa shape index (κ3) is 2.02. The van der Waals surface area contributed by atoms with E-state index in [0.717, 1.165) is 18.0 Å². The summed E-state index contributed by atoms with van der Waals surface area (Å²) >= 11 is 0. The minimum atomic E-state index is 0.475. The molecule has 0 saturated heterocycles. The zero-order valence-electron chi connectivity index (χ0n) is 10.3. The second-order valence-corrected chi connectivity index (χ2v) is 5.44. The van der Waals surface area contributed by atoms with E-state index in [1.54, 1.807) is 0 Å². The van der Waals surface area contributed by atoms with Crippen molar-refractivity contribution < 1.29 is 0 Å². The first-order chi connectivity index (χ1) is 8.27. The van der Waals surface area contributed by atoms with Crippen LogP contribution in [0.25, 0.3) is 5.65 Å². The molecular weight excluding hydrogens is 210 g/mol. The lowest BCUT2D eigenvalue weighted by Gasteiger charge is -2.24. The zero-order valence-corrected chi connectivity index (χ0v) is 10.3. The Labute approximate surface area is 102 Å². The van der Waals surface area contributed by atoms with Gasteiger partial charge in [0.1, 0.15) is 11.5 Å². The highest BCUT2D eigenvalue weighted by atomic mass is 15.1. The molecule has 1 saturated carbocycles. The number of fused-ring (bicyclic) bond motifs is 1. The molecule has 2 aromatic rings. The van der Waals surface area contributed by atoms with Crippen LogP contribution in [-0.2, 0) is 0 Å². The van der Waals surface area contributed by atoms with Crippen molar-refractivity contribution in [1.29, 1.82) is 0 Å². The average molecular weight is 229 g/mol. The molecule has 3 nitrogen and oxygen atoms in total. The highest BCUT2D eigenvalue weighted by molar-refractivity contribution is 5.49. The van der Waals surface area contributed by atoms with Crippen molar-refractivity contribution in [2.24, 2.45) is 5.41 Å². The molecule has 1 N–H and O–H groups in total. The maximum atomic E-state index is 4.30. The molecule has 0 radical (unpaired) electrons. The Morgan fingerprint density at radius 3 is 3.00 bits per heavy atom. The van der Waals surface area contributed by atoms with Gasteiger partial charge in [0.2, 0.25) is 0 Å². The Bertz CT molecular complexity index is 509. The van der Waals surface area contributed by atoms with E-state index in [9.17, 15) is 0 Å². The summed E-state index contributed by atoms with van der Waals surface area (Å²) in [5.74, 6) is 1.15. The van der Waals surface area contributed by atoms with Crippen LogP contribution in [0.5, 0.6) is 0 Å². The van der Waals surface area contributed by atoms with Crippen LogP contribution in [0.15, 0.2) is 30.6 Å². The summed E-state index contributed by atoms with van der Waals surface area (Å²) in [7, 11) is 0. The minimum absolute atomic E-state index is 0.475. The fourth-order valence-electron chi connectivity index (χ4n) is 2.80. The number of nitrogens with one attached hydrogen (secondary N) is 1. The predicted molar refractivity (Wildman–Crippen MR) is 70.3 cm³/mol. The van der Waals surface area contributed by atoms with Gasteiger partial charge in [-0.15, -0.1) is 0 Å². The van der Waals surface area contributed by atoms with E-state index >= 15 is 0 Å². The molecule has 0 amide bonds. The van der Waals surface area contributed by atoms with Crippen LogP contribution in [-0.4, -0.2) is 15.9 Å². The van der Waals surface area contributed by atoms with Crippen molar-refractivity contribution >= 4 is 11.5 Å². The number of imidazole rings is 1. The Hall–Kier alpha value is -1.51. The van der Waals surface area contributed by atoms with E-state index in [1.807, 2.05) is 18.5 Å². The molecule has 90 valence electrons. The van der Waals surface area contributed by atoms with Gasteiger partial charge in [0, 0.05) is 18.9 Å². The summed E-state index contributed by atoms with van der Waals surface area (Å²) in [5, 5.41) is 3.58.